The number of hydrogen-bond acceptors (Lipinski definition) is 9. The summed E-state index contributed by atoms with van der Waals surface area (Å²) >= 11 is 0. The van der Waals surface area contributed by atoms with Gasteiger partial charge >= 0.3 is 0 Å². The third kappa shape index (κ3) is 2.32. The van der Waals surface area contributed by atoms with Crippen LogP contribution < -0.4 is 0 Å². The van der Waals surface area contributed by atoms with Gasteiger partial charge in [-0.1, -0.05) is 0 Å². The first-order valence-corrected chi connectivity index (χ1v) is 8.17. The second-order valence-corrected chi connectivity index (χ2v) is 6.01. The molecule has 0 amide bonds. The molecule has 2 aromatic heterocycles. The Morgan fingerprint density at radius 1 is 0.433 bits per heavy atom. The Kier molecular flexibility index (Phi) is 3.87. The molecular formula is C21H3N9. The summed E-state index contributed by atoms with van der Waals surface area (Å²) in [7, 11) is 0. The van der Waals surface area contributed by atoms with Gasteiger partial charge in [0, 0.05) is 10.8 Å². The van der Waals surface area contributed by atoms with Crippen molar-refractivity contribution in [2.24, 2.45) is 0 Å². The smallest absolute Gasteiger partial charge is 0.177 e. The van der Waals surface area contributed by atoms with Crippen LogP contribution in [-0.4, -0.2) is 15.0 Å². The highest BCUT2D eigenvalue weighted by molar-refractivity contribution is 6.22. The van der Waals surface area contributed by atoms with Gasteiger partial charge in [0.25, 0.3) is 0 Å². The molecule has 9 heteroatoms. The predicted molar refractivity (Wildman–Crippen MR) is 101 cm³/mol. The molecule has 0 aliphatic heterocycles. The maximum absolute atomic E-state index is 9.41. The van der Waals surface area contributed by atoms with Crippen molar-refractivity contribution >= 4 is 32.7 Å². The van der Waals surface area contributed by atoms with Crippen LogP contribution in [0.3, 0.4) is 0 Å². The van der Waals surface area contributed by atoms with E-state index in [0.29, 0.717) is 16.2 Å². The summed E-state index contributed by atoms with van der Waals surface area (Å²) in [5, 5.41) is 57.5. The minimum atomic E-state index is -0.218. The van der Waals surface area contributed by atoms with Crippen LogP contribution in [0.1, 0.15) is 33.8 Å². The fourth-order valence-corrected chi connectivity index (χ4v) is 3.22. The second kappa shape index (κ2) is 6.53. The van der Waals surface area contributed by atoms with Crippen molar-refractivity contribution in [1.82, 2.24) is 15.0 Å². The maximum Gasteiger partial charge on any atom is 0.177 e. The normalized spacial score (nSPS) is 9.80. The van der Waals surface area contributed by atoms with E-state index in [4.69, 9.17) is 0 Å². The topological polar surface area (TPSA) is 181 Å². The van der Waals surface area contributed by atoms with Gasteiger partial charge in [0.05, 0.1) is 16.7 Å². The lowest BCUT2D eigenvalue weighted by Crippen LogP contribution is -2.01. The van der Waals surface area contributed by atoms with Gasteiger partial charge in [0.2, 0.25) is 0 Å². The molecule has 2 aromatic carbocycles. The number of hydrogen-bond donors (Lipinski definition) is 0. The molecule has 0 N–H and O–H groups in total. The van der Waals surface area contributed by atoms with E-state index < -0.39 is 0 Å². The fourth-order valence-electron chi connectivity index (χ4n) is 3.22. The van der Waals surface area contributed by atoms with E-state index in [9.17, 15) is 31.6 Å². The summed E-state index contributed by atoms with van der Waals surface area (Å²) in [6.07, 6.45) is 0. The Bertz CT molecular complexity index is 1350. The Hall–Kier alpha value is -5.61. The van der Waals surface area contributed by atoms with E-state index in [1.165, 1.54) is 18.2 Å². The lowest BCUT2D eigenvalue weighted by molar-refractivity contribution is 1.20. The van der Waals surface area contributed by atoms with E-state index >= 15 is 0 Å². The minimum absolute atomic E-state index is 0.0237. The van der Waals surface area contributed by atoms with Crippen LogP contribution in [0.25, 0.3) is 32.7 Å². The van der Waals surface area contributed by atoms with Crippen LogP contribution in [-0.2, 0) is 0 Å². The van der Waals surface area contributed by atoms with Crippen molar-refractivity contribution in [1.29, 1.82) is 31.6 Å². The van der Waals surface area contributed by atoms with Crippen LogP contribution in [0.2, 0.25) is 0 Å². The second-order valence-electron chi connectivity index (χ2n) is 6.01. The molecule has 0 radical (unpaired) electrons. The number of fused-ring (bicyclic) bond motifs is 6. The Balaban J connectivity index is 2.42. The molecule has 0 atom stereocenters. The van der Waals surface area contributed by atoms with Crippen LogP contribution in [0.4, 0.5) is 0 Å². The van der Waals surface area contributed by atoms with Crippen molar-refractivity contribution in [3.05, 3.63) is 52.0 Å². The Morgan fingerprint density at radius 2 is 0.833 bits per heavy atom. The summed E-state index contributed by atoms with van der Waals surface area (Å²) in [6, 6.07) is 15.6. The fraction of sp³-hybridized carbons (Fsp3) is 0. The average molecular weight is 381 g/mol. The third-order valence-corrected chi connectivity index (χ3v) is 4.52. The molecule has 2 heterocycles. The van der Waals surface area contributed by atoms with Crippen molar-refractivity contribution in [3.63, 3.8) is 0 Å². The summed E-state index contributed by atoms with van der Waals surface area (Å²) in [5.74, 6) is 0. The van der Waals surface area contributed by atoms with Gasteiger partial charge in [-0.3, -0.25) is 0 Å². The quantitative estimate of drug-likeness (QED) is 0.413. The highest BCUT2D eigenvalue weighted by Gasteiger charge is 2.20. The summed E-state index contributed by atoms with van der Waals surface area (Å²) in [5.41, 5.74) is 0.188. The summed E-state index contributed by atoms with van der Waals surface area (Å²) < 4.78 is 0. The largest absolute Gasteiger partial charge is 0.233 e. The zero-order valence-electron chi connectivity index (χ0n) is 14.8. The van der Waals surface area contributed by atoms with Crippen molar-refractivity contribution < 1.29 is 0 Å². The van der Waals surface area contributed by atoms with Crippen LogP contribution >= 0.6 is 0 Å². The molecule has 0 bridgehead atoms. The molecule has 0 aliphatic rings. The van der Waals surface area contributed by atoms with Gasteiger partial charge in [0.1, 0.15) is 53.0 Å². The molecule has 9 nitrogen and oxygen atoms in total. The lowest BCUT2D eigenvalue weighted by Gasteiger charge is -2.11. The first-order valence-electron chi connectivity index (χ1n) is 8.17. The molecule has 0 saturated heterocycles. The number of pyridine rings is 1. The molecule has 0 saturated carbocycles. The van der Waals surface area contributed by atoms with E-state index in [1.54, 1.807) is 6.07 Å². The van der Waals surface area contributed by atoms with Crippen molar-refractivity contribution in [2.45, 2.75) is 0 Å². The molecule has 4 aromatic rings. The molecule has 0 unspecified atom stereocenters. The molecule has 132 valence electrons. The highest BCUT2D eigenvalue weighted by Crippen LogP contribution is 2.35. The number of nitrogens with zero attached hydrogens (tertiary/aromatic N) is 9. The van der Waals surface area contributed by atoms with E-state index in [1.807, 2.05) is 30.3 Å². The number of nitriles is 6. The van der Waals surface area contributed by atoms with Crippen molar-refractivity contribution in [2.75, 3.05) is 0 Å². The van der Waals surface area contributed by atoms with Gasteiger partial charge in [-0.05, 0) is 23.6 Å². The number of aromatic nitrogens is 3. The first kappa shape index (κ1) is 17.8. The monoisotopic (exact) mass is 381 g/mol. The Labute approximate surface area is 168 Å². The van der Waals surface area contributed by atoms with E-state index in [0.717, 1.165) is 0 Å². The average Bonchev–Trinajstić information content (AvgIpc) is 2.81. The molecule has 0 fully saturated rings. The van der Waals surface area contributed by atoms with Crippen molar-refractivity contribution in [3.8, 4) is 36.4 Å². The van der Waals surface area contributed by atoms with E-state index in [-0.39, 0.29) is 50.3 Å². The maximum atomic E-state index is 9.41. The van der Waals surface area contributed by atoms with Gasteiger partial charge in [-0.25, -0.2) is 15.0 Å². The van der Waals surface area contributed by atoms with Gasteiger partial charge in [-0.15, -0.1) is 0 Å². The third-order valence-electron chi connectivity index (χ3n) is 4.52. The molecule has 30 heavy (non-hydrogen) atoms. The summed E-state index contributed by atoms with van der Waals surface area (Å²) in [6.45, 7) is 0. The number of benzene rings is 2. The standard InChI is InChI=1S/C21H3N9/c22-4-10-1-13-14(2-11(10)5-23)20-21(30-18(9-27)17(8-26)29-20)19-15(13)3-12(6-24)16(7-25)28-19/h1-3H. The zero-order chi connectivity index (χ0) is 21.4. The zero-order valence-corrected chi connectivity index (χ0v) is 14.8. The molecule has 0 aliphatic carbocycles. The molecule has 4 rings (SSSR count). The van der Waals surface area contributed by atoms with Gasteiger partial charge in [-0.2, -0.15) is 31.6 Å². The highest BCUT2D eigenvalue weighted by atomic mass is 14.9. The lowest BCUT2D eigenvalue weighted by atomic mass is 9.96. The molecular weight excluding hydrogens is 378 g/mol. The van der Waals surface area contributed by atoms with Crippen LogP contribution in [0.5, 0.6) is 0 Å². The summed E-state index contributed by atoms with van der Waals surface area (Å²) in [4.78, 5) is 12.7. The van der Waals surface area contributed by atoms with Crippen LogP contribution in [0, 0.1) is 68.0 Å². The van der Waals surface area contributed by atoms with Gasteiger partial charge in [0.15, 0.2) is 17.1 Å². The SMILES string of the molecule is N#Cc1cc2c3cc(C#N)c(C#N)nc3c3nc(C#N)c(C#N)nc3c2cc1C#N. The predicted octanol–water partition coefficient (Wildman–Crippen LogP) is 2.56. The van der Waals surface area contributed by atoms with E-state index in [2.05, 4.69) is 15.0 Å². The Morgan fingerprint density at radius 3 is 1.30 bits per heavy atom. The number of rotatable bonds is 0. The molecule has 0 spiro atoms. The first-order chi connectivity index (χ1) is 14.6. The van der Waals surface area contributed by atoms with Gasteiger partial charge < -0.3 is 0 Å². The minimum Gasteiger partial charge on any atom is -0.233 e. The van der Waals surface area contributed by atoms with Crippen LogP contribution in [0.15, 0.2) is 18.2 Å².